The van der Waals surface area contributed by atoms with Crippen LogP contribution in [0.2, 0.25) is 0 Å². The van der Waals surface area contributed by atoms with Crippen LogP contribution in [0.25, 0.3) is 0 Å². The van der Waals surface area contributed by atoms with Crippen molar-refractivity contribution >= 4 is 27.3 Å². The lowest BCUT2D eigenvalue weighted by atomic mass is 9.95. The zero-order chi connectivity index (χ0) is 23.0. The molecule has 2 N–H and O–H groups in total. The van der Waals surface area contributed by atoms with E-state index in [1.807, 2.05) is 11.0 Å². The summed E-state index contributed by atoms with van der Waals surface area (Å²) in [5, 5.41) is 2.88. The number of piperidine rings is 1. The second kappa shape index (κ2) is 11.4. The fourth-order valence-electron chi connectivity index (χ4n) is 3.89. The molecule has 1 fully saturated rings. The molecule has 0 bridgehead atoms. The molecule has 1 heterocycles. The van der Waals surface area contributed by atoms with Gasteiger partial charge in [0.2, 0.25) is 15.9 Å². The summed E-state index contributed by atoms with van der Waals surface area (Å²) >= 11 is 0. The quantitative estimate of drug-likeness (QED) is 0.509. The molecule has 0 saturated carbocycles. The highest BCUT2D eigenvalue weighted by Gasteiger charge is 2.26. The van der Waals surface area contributed by atoms with Crippen molar-refractivity contribution < 1.29 is 17.6 Å². The number of sulfonamides is 1. The molecule has 2 aromatic rings. The van der Waals surface area contributed by atoms with Gasteiger partial charge in [0.25, 0.3) is 0 Å². The van der Waals surface area contributed by atoms with Crippen molar-refractivity contribution in [1.82, 2.24) is 4.72 Å². The zero-order valence-corrected chi connectivity index (χ0v) is 19.3. The number of nitrogens with zero attached hydrogens (tertiary/aromatic N) is 1. The van der Waals surface area contributed by atoms with E-state index in [1.165, 1.54) is 18.2 Å². The van der Waals surface area contributed by atoms with Gasteiger partial charge in [-0.2, -0.15) is 0 Å². The number of halogens is 1. The number of para-hydroxylation sites is 1. The molecule has 0 radical (unpaired) electrons. The third-order valence-electron chi connectivity index (χ3n) is 5.81. The lowest BCUT2D eigenvalue weighted by molar-refractivity contribution is -0.120. The summed E-state index contributed by atoms with van der Waals surface area (Å²) in [6, 6.07) is 12.9. The Morgan fingerprint density at radius 2 is 1.72 bits per heavy atom. The first kappa shape index (κ1) is 24.2. The molecule has 0 unspecified atom stereocenters. The largest absolute Gasteiger partial charge is 0.369 e. The third kappa shape index (κ3) is 6.53. The number of amides is 1. The maximum atomic E-state index is 14.0. The van der Waals surface area contributed by atoms with Gasteiger partial charge in [-0.15, -0.1) is 0 Å². The van der Waals surface area contributed by atoms with E-state index in [4.69, 9.17) is 0 Å². The van der Waals surface area contributed by atoms with Gasteiger partial charge in [0.15, 0.2) is 0 Å². The third-order valence-corrected chi connectivity index (χ3v) is 7.29. The number of hydrogen-bond acceptors (Lipinski definition) is 4. The normalized spacial score (nSPS) is 15.0. The fourth-order valence-corrected chi connectivity index (χ4v) is 4.97. The van der Waals surface area contributed by atoms with Crippen LogP contribution in [0.15, 0.2) is 53.4 Å². The Labute approximate surface area is 190 Å². The Kier molecular flexibility index (Phi) is 8.64. The summed E-state index contributed by atoms with van der Waals surface area (Å²) in [4.78, 5) is 14.8. The highest BCUT2D eigenvalue weighted by atomic mass is 32.2. The summed E-state index contributed by atoms with van der Waals surface area (Å²) < 4.78 is 41.4. The number of benzene rings is 2. The number of unbranched alkanes of at least 4 members (excludes halogenated alkanes) is 3. The molecule has 1 saturated heterocycles. The number of rotatable bonds is 10. The Balaban J connectivity index is 1.49. The van der Waals surface area contributed by atoms with Gasteiger partial charge in [-0.25, -0.2) is 17.5 Å². The summed E-state index contributed by atoms with van der Waals surface area (Å²) in [6.45, 7) is 3.76. The molecule has 1 amide bonds. The van der Waals surface area contributed by atoms with Crippen molar-refractivity contribution in [3.05, 3.63) is 54.3 Å². The van der Waals surface area contributed by atoms with Crippen molar-refractivity contribution in [2.45, 2.75) is 50.3 Å². The predicted octanol–water partition coefficient (Wildman–Crippen LogP) is 4.54. The second-order valence-electron chi connectivity index (χ2n) is 8.18. The van der Waals surface area contributed by atoms with E-state index in [0.717, 1.165) is 25.7 Å². The zero-order valence-electron chi connectivity index (χ0n) is 18.5. The summed E-state index contributed by atoms with van der Waals surface area (Å²) in [5.74, 6) is -0.505. The average molecular weight is 462 g/mol. The van der Waals surface area contributed by atoms with E-state index >= 15 is 0 Å². The van der Waals surface area contributed by atoms with E-state index in [-0.39, 0.29) is 22.5 Å². The second-order valence-corrected chi connectivity index (χ2v) is 9.95. The summed E-state index contributed by atoms with van der Waals surface area (Å²) in [7, 11) is -3.55. The van der Waals surface area contributed by atoms with Gasteiger partial charge < -0.3 is 10.2 Å². The Bertz CT molecular complexity index is 988. The van der Waals surface area contributed by atoms with E-state index < -0.39 is 10.0 Å². The van der Waals surface area contributed by atoms with Crippen molar-refractivity contribution in [3.63, 3.8) is 0 Å². The van der Waals surface area contributed by atoms with Crippen molar-refractivity contribution in [3.8, 4) is 0 Å². The molecule has 2 aromatic carbocycles. The van der Waals surface area contributed by atoms with Gasteiger partial charge in [0.1, 0.15) is 5.82 Å². The maximum Gasteiger partial charge on any atom is 0.240 e. The molecule has 0 aromatic heterocycles. The minimum Gasteiger partial charge on any atom is -0.369 e. The minimum absolute atomic E-state index is 0.0946. The van der Waals surface area contributed by atoms with Crippen LogP contribution < -0.4 is 14.9 Å². The van der Waals surface area contributed by atoms with Gasteiger partial charge in [-0.3, -0.25) is 4.79 Å². The lowest BCUT2D eigenvalue weighted by Crippen LogP contribution is -2.38. The van der Waals surface area contributed by atoms with E-state index in [9.17, 15) is 17.6 Å². The number of anilines is 2. The van der Waals surface area contributed by atoms with Crippen LogP contribution in [0, 0.1) is 11.7 Å². The molecule has 0 aliphatic carbocycles. The molecule has 8 heteroatoms. The van der Waals surface area contributed by atoms with Crippen molar-refractivity contribution in [2.24, 2.45) is 5.92 Å². The monoisotopic (exact) mass is 461 g/mol. The molecule has 32 heavy (non-hydrogen) atoms. The topological polar surface area (TPSA) is 78.5 Å². The van der Waals surface area contributed by atoms with Crippen LogP contribution in [0.4, 0.5) is 15.8 Å². The van der Waals surface area contributed by atoms with Gasteiger partial charge >= 0.3 is 0 Å². The van der Waals surface area contributed by atoms with Crippen LogP contribution in [0.3, 0.4) is 0 Å². The number of carbonyl (C=O) groups excluding carboxylic acids is 1. The number of nitrogens with one attached hydrogen (secondary N) is 2. The van der Waals surface area contributed by atoms with E-state index in [2.05, 4.69) is 17.0 Å². The van der Waals surface area contributed by atoms with Gasteiger partial charge in [0, 0.05) is 31.2 Å². The first-order valence-corrected chi connectivity index (χ1v) is 12.8. The molecule has 174 valence electrons. The molecule has 0 spiro atoms. The highest BCUT2D eigenvalue weighted by molar-refractivity contribution is 7.89. The number of hydrogen-bond donors (Lipinski definition) is 2. The van der Waals surface area contributed by atoms with Gasteiger partial charge in [-0.05, 0) is 55.7 Å². The number of carbonyl (C=O) groups is 1. The fraction of sp³-hybridized carbons (Fsp3) is 0.458. The van der Waals surface area contributed by atoms with Crippen LogP contribution in [-0.2, 0) is 14.8 Å². The van der Waals surface area contributed by atoms with Gasteiger partial charge in [-0.1, -0.05) is 38.3 Å². The first-order valence-electron chi connectivity index (χ1n) is 11.3. The maximum absolute atomic E-state index is 14.0. The summed E-state index contributed by atoms with van der Waals surface area (Å²) in [6.07, 6.45) is 5.28. The van der Waals surface area contributed by atoms with Crippen molar-refractivity contribution in [2.75, 3.05) is 29.9 Å². The van der Waals surface area contributed by atoms with E-state index in [0.29, 0.717) is 43.9 Å². The van der Waals surface area contributed by atoms with Crippen LogP contribution >= 0.6 is 0 Å². The van der Waals surface area contributed by atoms with Crippen LogP contribution in [0.1, 0.15) is 45.4 Å². The van der Waals surface area contributed by atoms with Crippen LogP contribution in [-0.4, -0.2) is 34.0 Å². The summed E-state index contributed by atoms with van der Waals surface area (Å²) in [5.41, 5.74) is 1.13. The predicted molar refractivity (Wildman–Crippen MR) is 126 cm³/mol. The molecule has 6 nitrogen and oxygen atoms in total. The average Bonchev–Trinajstić information content (AvgIpc) is 2.80. The molecule has 3 rings (SSSR count). The Morgan fingerprint density at radius 3 is 2.38 bits per heavy atom. The SMILES string of the molecule is CCCCCCNS(=O)(=O)c1ccc(NC(=O)C2CCN(c3ccccc3F)CC2)cc1. The molecular formula is C24H32FN3O3S. The standard InChI is InChI=1S/C24H32FN3O3S/c1-2-3-4-7-16-26-32(30,31)21-12-10-20(11-13-21)27-24(29)19-14-17-28(18-15-19)23-9-6-5-8-22(23)25/h5-6,8-13,19,26H,2-4,7,14-18H2,1H3,(H,27,29). The first-order chi connectivity index (χ1) is 15.4. The van der Waals surface area contributed by atoms with E-state index in [1.54, 1.807) is 24.3 Å². The Hall–Kier alpha value is -2.45. The lowest BCUT2D eigenvalue weighted by Gasteiger charge is -2.33. The highest BCUT2D eigenvalue weighted by Crippen LogP contribution is 2.26. The molecule has 1 aliphatic rings. The van der Waals surface area contributed by atoms with Gasteiger partial charge in [0.05, 0.1) is 10.6 Å². The van der Waals surface area contributed by atoms with Crippen LogP contribution in [0.5, 0.6) is 0 Å². The molecule has 1 aliphatic heterocycles. The molecular weight excluding hydrogens is 429 g/mol. The Morgan fingerprint density at radius 1 is 1.03 bits per heavy atom. The minimum atomic E-state index is -3.55. The van der Waals surface area contributed by atoms with Crippen molar-refractivity contribution in [1.29, 1.82) is 0 Å². The molecule has 0 atom stereocenters. The smallest absolute Gasteiger partial charge is 0.240 e.